The lowest BCUT2D eigenvalue weighted by atomic mass is 9.55. The van der Waals surface area contributed by atoms with Crippen LogP contribution in [0.15, 0.2) is 54.1 Å². The van der Waals surface area contributed by atoms with Gasteiger partial charge in [-0.3, -0.25) is 0 Å². The van der Waals surface area contributed by atoms with Crippen LogP contribution in [0.5, 0.6) is 5.75 Å². The van der Waals surface area contributed by atoms with Gasteiger partial charge in [0.25, 0.3) is 0 Å². The van der Waals surface area contributed by atoms with E-state index in [9.17, 15) is 10.2 Å². The summed E-state index contributed by atoms with van der Waals surface area (Å²) in [5.41, 5.74) is 5.18. The summed E-state index contributed by atoms with van der Waals surface area (Å²) >= 11 is 0. The molecule has 2 aromatic rings. The van der Waals surface area contributed by atoms with Gasteiger partial charge in [0.15, 0.2) is 0 Å². The third-order valence-corrected chi connectivity index (χ3v) is 7.73. The molecule has 2 fully saturated rings. The molecule has 2 nitrogen and oxygen atoms in total. The molecule has 140 valence electrons. The number of aromatic hydroxyl groups is 1. The maximum absolute atomic E-state index is 11.2. The molecule has 3 aliphatic rings. The quantitative estimate of drug-likeness (QED) is 0.724. The maximum atomic E-state index is 11.2. The van der Waals surface area contributed by atoms with E-state index in [2.05, 4.69) is 43.3 Å². The normalized spacial score (nSPS) is 36.1. The summed E-state index contributed by atoms with van der Waals surface area (Å²) in [6, 6.07) is 16.4. The Balaban J connectivity index is 1.49. The van der Waals surface area contributed by atoms with Crippen LogP contribution in [0, 0.1) is 17.3 Å². The van der Waals surface area contributed by atoms with E-state index in [0.29, 0.717) is 23.5 Å². The van der Waals surface area contributed by atoms with E-state index in [1.165, 1.54) is 28.7 Å². The molecule has 5 atom stereocenters. The predicted molar refractivity (Wildman–Crippen MR) is 109 cm³/mol. The van der Waals surface area contributed by atoms with E-state index >= 15 is 0 Å². The van der Waals surface area contributed by atoms with Crippen LogP contribution in [-0.2, 0) is 6.42 Å². The summed E-state index contributed by atoms with van der Waals surface area (Å²) in [5, 5.41) is 21.1. The predicted octanol–water partition coefficient (Wildman–Crippen LogP) is 5.30. The number of aryl methyl sites for hydroxylation is 1. The highest BCUT2D eigenvalue weighted by molar-refractivity contribution is 5.55. The molecule has 2 saturated carbocycles. The molecule has 27 heavy (non-hydrogen) atoms. The second-order valence-corrected chi connectivity index (χ2v) is 9.08. The van der Waals surface area contributed by atoms with Crippen LogP contribution in [0.2, 0.25) is 0 Å². The van der Waals surface area contributed by atoms with Crippen LogP contribution in [0.4, 0.5) is 0 Å². The number of benzene rings is 2. The minimum atomic E-state index is -0.329. The standard InChI is InChI=1S/C25H28O2/c1-25-12-11-21-20-10-8-19(26)14-17(20)7-9-22(21)23(25)15-18(24(25)27)13-16-5-3-2-4-6-16/h2-6,8,10,13-14,21-24,26-27H,7,9,11-12,15H2,1H3. The molecule has 0 aliphatic heterocycles. The van der Waals surface area contributed by atoms with Gasteiger partial charge >= 0.3 is 0 Å². The minimum Gasteiger partial charge on any atom is -0.508 e. The van der Waals surface area contributed by atoms with Gasteiger partial charge in [0.2, 0.25) is 0 Å². The Labute approximate surface area is 161 Å². The number of aliphatic hydroxyl groups is 1. The fourth-order valence-electron chi connectivity index (χ4n) is 6.33. The average molecular weight is 360 g/mol. The molecule has 2 N–H and O–H groups in total. The van der Waals surface area contributed by atoms with E-state index in [4.69, 9.17) is 0 Å². The van der Waals surface area contributed by atoms with Crippen molar-refractivity contribution in [3.05, 3.63) is 70.8 Å². The smallest absolute Gasteiger partial charge is 0.115 e. The zero-order valence-corrected chi connectivity index (χ0v) is 15.9. The number of rotatable bonds is 1. The Kier molecular flexibility index (Phi) is 3.94. The van der Waals surface area contributed by atoms with Gasteiger partial charge < -0.3 is 10.2 Å². The average Bonchev–Trinajstić information content (AvgIpc) is 2.93. The highest BCUT2D eigenvalue weighted by atomic mass is 16.3. The lowest BCUT2D eigenvalue weighted by molar-refractivity contribution is -0.0158. The molecule has 0 bridgehead atoms. The third kappa shape index (κ3) is 2.65. The molecule has 2 aromatic carbocycles. The van der Waals surface area contributed by atoms with Crippen LogP contribution < -0.4 is 0 Å². The van der Waals surface area contributed by atoms with Crippen molar-refractivity contribution in [2.24, 2.45) is 17.3 Å². The van der Waals surface area contributed by atoms with Crippen molar-refractivity contribution in [1.82, 2.24) is 0 Å². The van der Waals surface area contributed by atoms with Crippen molar-refractivity contribution in [3.8, 4) is 5.75 Å². The van der Waals surface area contributed by atoms with Gasteiger partial charge in [0.05, 0.1) is 6.10 Å². The lowest BCUT2D eigenvalue weighted by Crippen LogP contribution is -2.44. The topological polar surface area (TPSA) is 40.5 Å². The number of hydrogen-bond acceptors (Lipinski definition) is 2. The van der Waals surface area contributed by atoms with Crippen molar-refractivity contribution < 1.29 is 10.2 Å². The van der Waals surface area contributed by atoms with E-state index in [0.717, 1.165) is 25.7 Å². The summed E-state index contributed by atoms with van der Waals surface area (Å²) < 4.78 is 0. The first kappa shape index (κ1) is 17.1. The Bertz CT molecular complexity index is 884. The second kappa shape index (κ2) is 6.24. The molecular formula is C25H28O2. The summed E-state index contributed by atoms with van der Waals surface area (Å²) in [4.78, 5) is 0. The highest BCUT2D eigenvalue weighted by Gasteiger charge is 2.56. The van der Waals surface area contributed by atoms with Gasteiger partial charge in [0.1, 0.15) is 5.75 Å². The molecule has 3 aliphatic carbocycles. The van der Waals surface area contributed by atoms with Crippen molar-refractivity contribution in [2.75, 3.05) is 0 Å². The van der Waals surface area contributed by atoms with Crippen LogP contribution in [0.3, 0.4) is 0 Å². The Hall–Kier alpha value is -2.06. The molecule has 0 spiro atoms. The van der Waals surface area contributed by atoms with Gasteiger partial charge in [-0.25, -0.2) is 0 Å². The van der Waals surface area contributed by atoms with Gasteiger partial charge in [-0.1, -0.05) is 49.4 Å². The lowest BCUT2D eigenvalue weighted by Gasteiger charge is -2.49. The molecule has 0 heterocycles. The largest absolute Gasteiger partial charge is 0.508 e. The van der Waals surface area contributed by atoms with E-state index < -0.39 is 0 Å². The van der Waals surface area contributed by atoms with Crippen molar-refractivity contribution in [2.45, 2.75) is 51.0 Å². The number of fused-ring (bicyclic) bond motifs is 5. The number of aliphatic hydroxyl groups excluding tert-OH is 1. The minimum absolute atomic E-state index is 0.00377. The summed E-state index contributed by atoms with van der Waals surface area (Å²) in [5.74, 6) is 2.15. The van der Waals surface area contributed by atoms with Gasteiger partial charge in [-0.05, 0) is 84.3 Å². The van der Waals surface area contributed by atoms with Crippen molar-refractivity contribution in [1.29, 1.82) is 0 Å². The zero-order chi connectivity index (χ0) is 18.6. The van der Waals surface area contributed by atoms with Crippen LogP contribution >= 0.6 is 0 Å². The first-order valence-corrected chi connectivity index (χ1v) is 10.3. The Morgan fingerprint density at radius 3 is 2.70 bits per heavy atom. The van der Waals surface area contributed by atoms with E-state index in [1.54, 1.807) is 0 Å². The van der Waals surface area contributed by atoms with Gasteiger partial charge in [-0.15, -0.1) is 0 Å². The molecule has 5 rings (SSSR count). The summed E-state index contributed by atoms with van der Waals surface area (Å²) in [7, 11) is 0. The zero-order valence-electron chi connectivity index (χ0n) is 15.9. The third-order valence-electron chi connectivity index (χ3n) is 7.73. The fourth-order valence-corrected chi connectivity index (χ4v) is 6.33. The molecule has 0 radical (unpaired) electrons. The van der Waals surface area contributed by atoms with Crippen LogP contribution in [-0.4, -0.2) is 16.3 Å². The van der Waals surface area contributed by atoms with Crippen LogP contribution in [0.25, 0.3) is 6.08 Å². The first-order valence-electron chi connectivity index (χ1n) is 10.3. The Morgan fingerprint density at radius 2 is 1.89 bits per heavy atom. The van der Waals surface area contributed by atoms with E-state index in [-0.39, 0.29) is 11.5 Å². The molecule has 2 heteroatoms. The first-order chi connectivity index (χ1) is 13.1. The van der Waals surface area contributed by atoms with Crippen LogP contribution in [0.1, 0.15) is 55.2 Å². The molecule has 5 unspecified atom stereocenters. The molecule has 0 amide bonds. The molecule has 0 aromatic heterocycles. The second-order valence-electron chi connectivity index (χ2n) is 9.08. The Morgan fingerprint density at radius 1 is 1.07 bits per heavy atom. The highest BCUT2D eigenvalue weighted by Crippen LogP contribution is 2.62. The fraction of sp³-hybridized carbons (Fsp3) is 0.440. The van der Waals surface area contributed by atoms with Crippen molar-refractivity contribution >= 4 is 6.08 Å². The number of phenols is 1. The number of hydrogen-bond donors (Lipinski definition) is 2. The van der Waals surface area contributed by atoms with E-state index in [1.807, 2.05) is 18.2 Å². The summed E-state index contributed by atoms with van der Waals surface area (Å²) in [6.07, 6.45) is 7.35. The molecular weight excluding hydrogens is 332 g/mol. The van der Waals surface area contributed by atoms with Crippen molar-refractivity contribution in [3.63, 3.8) is 0 Å². The van der Waals surface area contributed by atoms with Gasteiger partial charge in [-0.2, -0.15) is 0 Å². The monoisotopic (exact) mass is 360 g/mol. The van der Waals surface area contributed by atoms with Gasteiger partial charge in [0, 0.05) is 5.41 Å². The summed E-state index contributed by atoms with van der Waals surface area (Å²) in [6.45, 7) is 2.32. The SMILES string of the molecule is CC12CCC3c4ccc(O)cc4CCC3C1CC(=Cc1ccccc1)C2O. The molecule has 0 saturated heterocycles. The number of phenolic OH excluding ortho intramolecular Hbond substituents is 1. The maximum Gasteiger partial charge on any atom is 0.115 e.